The van der Waals surface area contributed by atoms with Crippen LogP contribution in [-0.2, 0) is 13.6 Å². The topological polar surface area (TPSA) is 47.9 Å². The van der Waals surface area contributed by atoms with Crippen LogP contribution in [0.25, 0.3) is 0 Å². The quantitative estimate of drug-likeness (QED) is 0.308. The zero-order chi connectivity index (χ0) is 24.9. The lowest BCUT2D eigenvalue weighted by Gasteiger charge is -2.57. The number of hydrogen-bond donors (Lipinski definition) is 1. The Morgan fingerprint density at radius 2 is 1.36 bits per heavy atom. The lowest BCUT2D eigenvalue weighted by atomic mass is 9.68. The van der Waals surface area contributed by atoms with E-state index in [0.717, 1.165) is 42.7 Å². The Labute approximate surface area is 206 Å². The maximum atomic E-state index is 11.8. The van der Waals surface area contributed by atoms with Crippen LogP contribution >= 0.6 is 0 Å². The Morgan fingerprint density at radius 3 is 1.82 bits per heavy atom. The van der Waals surface area contributed by atoms with Gasteiger partial charge in [-0.1, -0.05) is 48.5 Å². The molecule has 3 fully saturated rings. The molecule has 3 rings (SSSR count). The summed E-state index contributed by atoms with van der Waals surface area (Å²) in [5, 5.41) is 11.8. The molecule has 0 aromatic heterocycles. The molecule has 1 saturated carbocycles. The number of rotatable bonds is 11. The van der Waals surface area contributed by atoms with Gasteiger partial charge >= 0.3 is 0 Å². The minimum atomic E-state index is -1.90. The lowest BCUT2D eigenvalue weighted by Crippen LogP contribution is -2.69. The third-order valence-corrected chi connectivity index (χ3v) is 20.1. The average molecular weight is 499 g/mol. The minimum Gasteiger partial charge on any atom is -0.411 e. The first kappa shape index (κ1) is 27.9. The molecule has 0 amide bonds. The molecule has 2 bridgehead atoms. The molecule has 194 valence electrons. The van der Waals surface area contributed by atoms with Gasteiger partial charge < -0.3 is 18.7 Å². The van der Waals surface area contributed by atoms with Crippen LogP contribution in [0.4, 0.5) is 0 Å². The van der Waals surface area contributed by atoms with Crippen molar-refractivity contribution in [2.24, 2.45) is 17.8 Å². The van der Waals surface area contributed by atoms with Gasteiger partial charge in [0.1, 0.15) is 5.60 Å². The van der Waals surface area contributed by atoms with Crippen LogP contribution in [0, 0.1) is 17.8 Å². The van der Waals surface area contributed by atoms with Gasteiger partial charge in [0, 0.05) is 6.42 Å². The van der Waals surface area contributed by atoms with Crippen LogP contribution in [0.5, 0.6) is 0 Å². The van der Waals surface area contributed by atoms with E-state index in [1.807, 2.05) is 13.8 Å². The highest BCUT2D eigenvalue weighted by Gasteiger charge is 2.74. The van der Waals surface area contributed by atoms with Gasteiger partial charge in [-0.15, -0.1) is 0 Å². The first-order valence-electron chi connectivity index (χ1n) is 14.1. The summed E-state index contributed by atoms with van der Waals surface area (Å²) in [6, 6.07) is 6.80. The number of aliphatic hydroxyl groups is 1. The SMILES string of the molecule is CC[Si](CC)(CC)O[C@@H]1[C@@H]2[C@H](C)CC[C@H]2[C@@]2(C)O[C@]1(C(C)(C)O)C[C@H]2O[Si](CC)(CC)CC. The molecule has 2 aliphatic heterocycles. The summed E-state index contributed by atoms with van der Waals surface area (Å²) in [5.74, 6) is 1.46. The van der Waals surface area contributed by atoms with Gasteiger partial charge in [-0.05, 0) is 87.6 Å². The Balaban J connectivity index is 2.13. The third kappa shape index (κ3) is 4.27. The molecule has 1 N–H and O–H groups in total. The maximum Gasteiger partial charge on any atom is 0.192 e. The van der Waals surface area contributed by atoms with Crippen LogP contribution < -0.4 is 0 Å². The molecular weight excluding hydrogens is 444 g/mol. The Morgan fingerprint density at radius 1 is 0.879 bits per heavy atom. The van der Waals surface area contributed by atoms with Crippen molar-refractivity contribution in [2.75, 3.05) is 0 Å². The monoisotopic (exact) mass is 498 g/mol. The summed E-state index contributed by atoms with van der Waals surface area (Å²) in [6.07, 6.45) is 3.16. The van der Waals surface area contributed by atoms with Gasteiger partial charge in [0.15, 0.2) is 16.6 Å². The van der Waals surface area contributed by atoms with E-state index in [0.29, 0.717) is 17.8 Å². The molecule has 3 aliphatic rings. The highest BCUT2D eigenvalue weighted by molar-refractivity contribution is 6.74. The lowest BCUT2D eigenvalue weighted by molar-refractivity contribution is -0.287. The van der Waals surface area contributed by atoms with E-state index in [1.54, 1.807) is 0 Å². The van der Waals surface area contributed by atoms with E-state index in [4.69, 9.17) is 13.6 Å². The molecule has 0 spiro atoms. The van der Waals surface area contributed by atoms with Crippen LogP contribution in [-0.4, -0.2) is 50.8 Å². The predicted molar refractivity (Wildman–Crippen MR) is 143 cm³/mol. The van der Waals surface area contributed by atoms with Crippen molar-refractivity contribution < 1.29 is 18.7 Å². The molecule has 0 aromatic carbocycles. The van der Waals surface area contributed by atoms with E-state index in [1.165, 1.54) is 12.8 Å². The fraction of sp³-hybridized carbons (Fsp3) is 1.00. The molecule has 0 radical (unpaired) electrons. The molecule has 1 aliphatic carbocycles. The van der Waals surface area contributed by atoms with Crippen LogP contribution in [0.15, 0.2) is 0 Å². The largest absolute Gasteiger partial charge is 0.411 e. The first-order chi connectivity index (χ1) is 15.4. The molecule has 33 heavy (non-hydrogen) atoms. The van der Waals surface area contributed by atoms with Crippen LogP contribution in [0.3, 0.4) is 0 Å². The van der Waals surface area contributed by atoms with Gasteiger partial charge in [-0.2, -0.15) is 0 Å². The second-order valence-electron chi connectivity index (χ2n) is 12.3. The fourth-order valence-electron chi connectivity index (χ4n) is 7.81. The standard InChI is InChI=1S/C27H54O4Si2/c1-11-32(12-2,13-3)29-22-19-27(25(8,9)28)24(30-33(14-4,15-5)16-6)23-20(7)17-18-21(23)26(22,10)31-27/h20-24,28H,11-19H2,1-10H3/t20-,21-,22-,23-,24-,26-,27-/m1/s1. The second-order valence-corrected chi connectivity index (χ2v) is 21.8. The summed E-state index contributed by atoms with van der Waals surface area (Å²) in [4.78, 5) is 0. The second kappa shape index (κ2) is 9.62. The zero-order valence-electron chi connectivity index (χ0n) is 23.4. The normalized spacial score (nSPS) is 39.2. The van der Waals surface area contributed by atoms with E-state index in [2.05, 4.69) is 55.4 Å². The van der Waals surface area contributed by atoms with Crippen molar-refractivity contribution in [3.8, 4) is 0 Å². The fourth-order valence-corrected chi connectivity index (χ4v) is 13.6. The highest BCUT2D eigenvalue weighted by Crippen LogP contribution is 2.64. The van der Waals surface area contributed by atoms with Crippen molar-refractivity contribution in [3.63, 3.8) is 0 Å². The summed E-state index contributed by atoms with van der Waals surface area (Å²) in [7, 11) is -3.72. The van der Waals surface area contributed by atoms with Crippen molar-refractivity contribution >= 4 is 16.6 Å². The Kier molecular flexibility index (Phi) is 8.12. The van der Waals surface area contributed by atoms with Crippen molar-refractivity contribution in [3.05, 3.63) is 0 Å². The summed E-state index contributed by atoms with van der Waals surface area (Å²) in [5.41, 5.74) is -2.05. The molecule has 2 heterocycles. The summed E-state index contributed by atoms with van der Waals surface area (Å²) >= 11 is 0. The van der Waals surface area contributed by atoms with Gasteiger partial charge in [0.2, 0.25) is 0 Å². The Bertz CT molecular complexity index is 655. The van der Waals surface area contributed by atoms with Crippen LogP contribution in [0.1, 0.15) is 88.5 Å². The van der Waals surface area contributed by atoms with Gasteiger partial charge in [-0.25, -0.2) is 0 Å². The smallest absolute Gasteiger partial charge is 0.192 e. The number of ether oxygens (including phenoxy) is 1. The average Bonchev–Trinajstić information content (AvgIpc) is 3.30. The summed E-state index contributed by atoms with van der Waals surface area (Å²) in [6.45, 7) is 22.5. The predicted octanol–water partition coefficient (Wildman–Crippen LogP) is 7.13. The molecule has 6 heteroatoms. The van der Waals surface area contributed by atoms with Gasteiger partial charge in [0.05, 0.1) is 23.4 Å². The van der Waals surface area contributed by atoms with E-state index in [-0.39, 0.29) is 17.8 Å². The molecule has 0 aromatic rings. The molecule has 0 unspecified atom stereocenters. The number of hydrogen-bond acceptors (Lipinski definition) is 4. The first-order valence-corrected chi connectivity index (χ1v) is 19.2. The third-order valence-electron chi connectivity index (χ3n) is 10.8. The minimum absolute atomic E-state index is 0.0442. The van der Waals surface area contributed by atoms with Gasteiger partial charge in [-0.3, -0.25) is 0 Å². The van der Waals surface area contributed by atoms with Crippen molar-refractivity contribution in [1.29, 1.82) is 0 Å². The maximum absolute atomic E-state index is 11.8. The van der Waals surface area contributed by atoms with E-state index >= 15 is 0 Å². The van der Waals surface area contributed by atoms with Crippen molar-refractivity contribution in [1.82, 2.24) is 0 Å². The molecule has 4 nitrogen and oxygen atoms in total. The number of fused-ring (bicyclic) bond motifs is 4. The Hall–Kier alpha value is 0.274. The van der Waals surface area contributed by atoms with Crippen LogP contribution in [0.2, 0.25) is 36.3 Å². The summed E-state index contributed by atoms with van der Waals surface area (Å²) < 4.78 is 21.9. The van der Waals surface area contributed by atoms with Crippen molar-refractivity contribution in [2.45, 2.75) is 154 Å². The zero-order valence-corrected chi connectivity index (χ0v) is 25.4. The van der Waals surface area contributed by atoms with E-state index in [9.17, 15) is 5.11 Å². The molecule has 7 atom stereocenters. The molecule has 2 saturated heterocycles. The highest BCUT2D eigenvalue weighted by atomic mass is 28.4. The molecular formula is C27H54O4Si2. The van der Waals surface area contributed by atoms with Gasteiger partial charge in [0.25, 0.3) is 0 Å². The van der Waals surface area contributed by atoms with E-state index < -0.39 is 27.8 Å².